The van der Waals surface area contributed by atoms with E-state index >= 15 is 0 Å². The summed E-state index contributed by atoms with van der Waals surface area (Å²) in [7, 11) is 0. The number of rotatable bonds is 48. The highest BCUT2D eigenvalue weighted by molar-refractivity contribution is 5.71. The highest BCUT2D eigenvalue weighted by Gasteiger charge is 2.19. The maximum atomic E-state index is 12.8. The van der Waals surface area contributed by atoms with Crippen molar-refractivity contribution < 1.29 is 28.6 Å². The van der Waals surface area contributed by atoms with Gasteiger partial charge in [-0.2, -0.15) is 0 Å². The molecule has 0 aliphatic rings. The Kier molecular flexibility index (Phi) is 45.7. The zero-order valence-electron chi connectivity index (χ0n) is 41.1. The number of unbranched alkanes of at least 4 members (excludes halogenated alkanes) is 32. The van der Waals surface area contributed by atoms with Crippen LogP contribution >= 0.6 is 0 Å². The predicted octanol–water partition coefficient (Wildman–Crippen LogP) is 17.3. The smallest absolute Gasteiger partial charge is 0.306 e. The van der Waals surface area contributed by atoms with Crippen LogP contribution in [-0.2, 0) is 28.6 Å². The van der Waals surface area contributed by atoms with Gasteiger partial charge in [0.15, 0.2) is 6.10 Å². The highest BCUT2D eigenvalue weighted by atomic mass is 16.6. The molecule has 0 N–H and O–H groups in total. The van der Waals surface area contributed by atoms with E-state index in [1.807, 2.05) is 0 Å². The van der Waals surface area contributed by atoms with Crippen LogP contribution in [0.3, 0.4) is 0 Å². The van der Waals surface area contributed by atoms with Gasteiger partial charge in [0.2, 0.25) is 0 Å². The van der Waals surface area contributed by atoms with Gasteiger partial charge >= 0.3 is 17.9 Å². The second-order valence-electron chi connectivity index (χ2n) is 19.2. The Morgan fingerprint density at radius 3 is 0.950 bits per heavy atom. The lowest BCUT2D eigenvalue weighted by Crippen LogP contribution is -2.30. The SMILES string of the molecule is CCCCCCCCCCCCCCCCCC(=O)OC[C@@H](COC(=O)CCCCCCCCCCCCCCC(C)C)OC(=O)CCCCCCCCCCC(C)CC. The van der Waals surface area contributed by atoms with Crippen LogP contribution in [0.4, 0.5) is 0 Å². The molecule has 0 fully saturated rings. The molecule has 0 saturated carbocycles. The minimum atomic E-state index is -0.762. The molecular weight excluding hydrogens is 745 g/mol. The summed E-state index contributed by atoms with van der Waals surface area (Å²) in [6, 6.07) is 0. The molecule has 6 heteroatoms. The van der Waals surface area contributed by atoms with Gasteiger partial charge < -0.3 is 14.2 Å². The van der Waals surface area contributed by atoms with Crippen molar-refractivity contribution >= 4 is 17.9 Å². The van der Waals surface area contributed by atoms with Gasteiger partial charge in [0, 0.05) is 19.3 Å². The van der Waals surface area contributed by atoms with Crippen LogP contribution in [0.25, 0.3) is 0 Å². The van der Waals surface area contributed by atoms with Gasteiger partial charge in [-0.1, -0.05) is 259 Å². The zero-order valence-corrected chi connectivity index (χ0v) is 41.1. The fourth-order valence-electron chi connectivity index (χ4n) is 8.13. The van der Waals surface area contributed by atoms with E-state index in [0.29, 0.717) is 19.3 Å². The molecule has 0 saturated heterocycles. The normalized spacial score (nSPS) is 12.5. The van der Waals surface area contributed by atoms with Crippen LogP contribution in [-0.4, -0.2) is 37.2 Å². The van der Waals surface area contributed by atoms with E-state index in [9.17, 15) is 14.4 Å². The summed E-state index contributed by atoms with van der Waals surface area (Å²) in [6.07, 6.45) is 48.0. The van der Waals surface area contributed by atoms with Crippen molar-refractivity contribution in [1.82, 2.24) is 0 Å². The van der Waals surface area contributed by atoms with Gasteiger partial charge in [0.05, 0.1) is 0 Å². The third-order valence-electron chi connectivity index (χ3n) is 12.6. The molecule has 0 rings (SSSR count). The van der Waals surface area contributed by atoms with E-state index in [2.05, 4.69) is 34.6 Å². The molecule has 0 heterocycles. The van der Waals surface area contributed by atoms with Gasteiger partial charge in [0.1, 0.15) is 13.2 Å². The first-order valence-corrected chi connectivity index (χ1v) is 26.8. The van der Waals surface area contributed by atoms with Gasteiger partial charge in [0.25, 0.3) is 0 Å². The molecule has 0 aromatic heterocycles. The molecule has 1 unspecified atom stereocenters. The number of esters is 3. The predicted molar refractivity (Wildman–Crippen MR) is 256 cm³/mol. The number of carbonyl (C=O) groups is 3. The van der Waals surface area contributed by atoms with E-state index < -0.39 is 6.10 Å². The third kappa shape index (κ3) is 45.9. The van der Waals surface area contributed by atoms with Crippen molar-refractivity contribution in [3.8, 4) is 0 Å². The topological polar surface area (TPSA) is 78.9 Å². The molecule has 60 heavy (non-hydrogen) atoms. The van der Waals surface area contributed by atoms with Gasteiger partial charge in [-0.25, -0.2) is 0 Å². The van der Waals surface area contributed by atoms with Crippen molar-refractivity contribution in [2.75, 3.05) is 13.2 Å². The summed E-state index contributed by atoms with van der Waals surface area (Å²) in [5.74, 6) is 0.832. The first kappa shape index (κ1) is 58.4. The second-order valence-corrected chi connectivity index (χ2v) is 19.2. The quantitative estimate of drug-likeness (QED) is 0.0345. The molecule has 0 aromatic carbocycles. The number of hydrogen-bond acceptors (Lipinski definition) is 6. The largest absolute Gasteiger partial charge is 0.462 e. The lowest BCUT2D eigenvalue weighted by molar-refractivity contribution is -0.167. The Hall–Kier alpha value is -1.59. The Morgan fingerprint density at radius 1 is 0.350 bits per heavy atom. The Balaban J connectivity index is 4.31. The molecule has 2 atom stereocenters. The summed E-state index contributed by atoms with van der Waals surface area (Å²) < 4.78 is 16.8. The molecule has 0 aliphatic carbocycles. The van der Waals surface area contributed by atoms with Crippen LogP contribution in [0.1, 0.15) is 298 Å². The highest BCUT2D eigenvalue weighted by Crippen LogP contribution is 2.18. The first-order valence-electron chi connectivity index (χ1n) is 26.8. The zero-order chi connectivity index (χ0) is 44.0. The van der Waals surface area contributed by atoms with E-state index in [0.717, 1.165) is 69.6 Å². The van der Waals surface area contributed by atoms with E-state index in [4.69, 9.17) is 14.2 Å². The number of ether oxygens (including phenoxy) is 3. The Morgan fingerprint density at radius 2 is 0.633 bits per heavy atom. The summed E-state index contributed by atoms with van der Waals surface area (Å²) in [5.41, 5.74) is 0. The molecule has 6 nitrogen and oxygen atoms in total. The molecule has 0 bridgehead atoms. The van der Waals surface area contributed by atoms with Crippen LogP contribution in [0, 0.1) is 11.8 Å². The van der Waals surface area contributed by atoms with Crippen molar-refractivity contribution in [3.63, 3.8) is 0 Å². The van der Waals surface area contributed by atoms with Crippen LogP contribution in [0.2, 0.25) is 0 Å². The van der Waals surface area contributed by atoms with E-state index in [1.165, 1.54) is 186 Å². The number of carbonyl (C=O) groups excluding carboxylic acids is 3. The van der Waals surface area contributed by atoms with Crippen molar-refractivity contribution in [2.24, 2.45) is 11.8 Å². The third-order valence-corrected chi connectivity index (χ3v) is 12.6. The van der Waals surface area contributed by atoms with Gasteiger partial charge in [-0.15, -0.1) is 0 Å². The average molecular weight is 849 g/mol. The minimum Gasteiger partial charge on any atom is -0.462 e. The molecule has 0 amide bonds. The standard InChI is InChI=1S/C54H104O6/c1-6-8-9-10-11-12-13-14-15-16-20-23-29-34-39-44-52(55)58-47-51(60-54(57)46-41-36-31-26-25-28-33-38-43-50(5)7-2)48-59-53(56)45-40-35-30-24-21-18-17-19-22-27-32-37-42-49(3)4/h49-51H,6-48H2,1-5H3/t50?,51-/m0/s1. The van der Waals surface area contributed by atoms with E-state index in [-0.39, 0.29) is 31.1 Å². The monoisotopic (exact) mass is 849 g/mol. The lowest BCUT2D eigenvalue weighted by atomic mass is 9.99. The molecule has 0 aromatic rings. The molecular formula is C54H104O6. The second kappa shape index (κ2) is 46.9. The fraction of sp³-hybridized carbons (Fsp3) is 0.944. The first-order chi connectivity index (χ1) is 29.3. The molecule has 356 valence electrons. The molecule has 0 aliphatic heterocycles. The average Bonchev–Trinajstić information content (AvgIpc) is 3.23. The Bertz CT molecular complexity index is 918. The van der Waals surface area contributed by atoms with Crippen molar-refractivity contribution in [3.05, 3.63) is 0 Å². The molecule has 0 radical (unpaired) electrons. The summed E-state index contributed by atoms with van der Waals surface area (Å²) in [4.78, 5) is 38.0. The Labute approximate surface area is 374 Å². The summed E-state index contributed by atoms with van der Waals surface area (Å²) in [6.45, 7) is 11.4. The minimum absolute atomic E-state index is 0.0637. The fourth-order valence-corrected chi connectivity index (χ4v) is 8.13. The summed E-state index contributed by atoms with van der Waals surface area (Å²) in [5, 5.41) is 0. The van der Waals surface area contributed by atoms with Gasteiger partial charge in [-0.05, 0) is 31.1 Å². The van der Waals surface area contributed by atoms with Gasteiger partial charge in [-0.3, -0.25) is 14.4 Å². The van der Waals surface area contributed by atoms with Crippen LogP contribution in [0.5, 0.6) is 0 Å². The van der Waals surface area contributed by atoms with Crippen molar-refractivity contribution in [2.45, 2.75) is 304 Å². The number of hydrogen-bond donors (Lipinski definition) is 0. The van der Waals surface area contributed by atoms with E-state index in [1.54, 1.807) is 0 Å². The maximum Gasteiger partial charge on any atom is 0.306 e. The van der Waals surface area contributed by atoms with Crippen LogP contribution < -0.4 is 0 Å². The van der Waals surface area contributed by atoms with Crippen molar-refractivity contribution in [1.29, 1.82) is 0 Å². The lowest BCUT2D eigenvalue weighted by Gasteiger charge is -2.18. The summed E-state index contributed by atoms with van der Waals surface area (Å²) >= 11 is 0. The van der Waals surface area contributed by atoms with Crippen LogP contribution in [0.15, 0.2) is 0 Å². The molecule has 0 spiro atoms. The maximum absolute atomic E-state index is 12.8.